The molecule has 0 saturated heterocycles. The first-order valence-corrected chi connectivity index (χ1v) is 9.04. The van der Waals surface area contributed by atoms with E-state index in [1.165, 1.54) is 25.7 Å². The van der Waals surface area contributed by atoms with Gasteiger partial charge in [0.2, 0.25) is 5.91 Å². The highest BCUT2D eigenvalue weighted by atomic mass is 16.2. The number of amides is 1. The van der Waals surface area contributed by atoms with E-state index in [1.54, 1.807) is 24.3 Å². The number of nitrogens with zero attached hydrogens (tertiary/aromatic N) is 1. The summed E-state index contributed by atoms with van der Waals surface area (Å²) >= 11 is 0. The van der Waals surface area contributed by atoms with E-state index in [9.17, 15) is 14.4 Å². The van der Waals surface area contributed by atoms with Crippen molar-refractivity contribution in [3.63, 3.8) is 0 Å². The lowest BCUT2D eigenvalue weighted by atomic mass is 9.84. The molecule has 4 atom stereocenters. The van der Waals surface area contributed by atoms with Crippen LogP contribution in [-0.2, 0) is 11.3 Å². The van der Waals surface area contributed by atoms with Gasteiger partial charge in [0.1, 0.15) is 6.54 Å². The molecule has 0 radical (unpaired) electrons. The van der Waals surface area contributed by atoms with Gasteiger partial charge in [-0.1, -0.05) is 18.6 Å². The van der Waals surface area contributed by atoms with Gasteiger partial charge in [-0.05, 0) is 56.1 Å². The van der Waals surface area contributed by atoms with Crippen LogP contribution < -0.4 is 16.4 Å². The van der Waals surface area contributed by atoms with Crippen LogP contribution in [0.3, 0.4) is 0 Å². The minimum atomic E-state index is -0.357. The Bertz CT molecular complexity index is 929. The average Bonchev–Trinajstić information content (AvgIpc) is 3.22. The molecule has 2 aromatic rings. The predicted octanol–water partition coefficient (Wildman–Crippen LogP) is 1.63. The molecule has 2 fully saturated rings. The van der Waals surface area contributed by atoms with Gasteiger partial charge in [0.25, 0.3) is 11.1 Å². The summed E-state index contributed by atoms with van der Waals surface area (Å²) in [5.74, 6) is 1.86. The Kier molecular flexibility index (Phi) is 3.98. The van der Waals surface area contributed by atoms with E-state index in [-0.39, 0.29) is 29.6 Å². The van der Waals surface area contributed by atoms with Crippen molar-refractivity contribution in [1.29, 1.82) is 0 Å². The third kappa shape index (κ3) is 2.90. The van der Waals surface area contributed by atoms with Gasteiger partial charge in [0.05, 0.1) is 10.8 Å². The lowest BCUT2D eigenvalue weighted by molar-refractivity contribution is -0.123. The highest BCUT2D eigenvalue weighted by Crippen LogP contribution is 2.49. The van der Waals surface area contributed by atoms with Crippen LogP contribution in [-0.4, -0.2) is 21.7 Å². The second-order valence-corrected chi connectivity index (χ2v) is 7.57. The third-order valence-corrected chi connectivity index (χ3v) is 6.01. The zero-order chi connectivity index (χ0) is 17.6. The van der Waals surface area contributed by atoms with Crippen LogP contribution in [0.5, 0.6) is 0 Å². The molecule has 4 unspecified atom stereocenters. The zero-order valence-corrected chi connectivity index (χ0v) is 14.3. The van der Waals surface area contributed by atoms with E-state index >= 15 is 0 Å². The fraction of sp³-hybridized carbons (Fsp3) is 0.526. The summed E-state index contributed by atoms with van der Waals surface area (Å²) in [4.78, 5) is 37.0. The van der Waals surface area contributed by atoms with Crippen molar-refractivity contribution in [2.45, 2.75) is 45.2 Å². The maximum atomic E-state index is 12.5. The Labute approximate surface area is 145 Å². The smallest absolute Gasteiger partial charge is 0.273 e. The van der Waals surface area contributed by atoms with Crippen molar-refractivity contribution in [2.75, 3.05) is 0 Å². The van der Waals surface area contributed by atoms with Crippen LogP contribution >= 0.6 is 0 Å². The average molecular weight is 341 g/mol. The molecule has 2 N–H and O–H groups in total. The lowest BCUT2D eigenvalue weighted by Crippen LogP contribution is -2.43. The number of rotatable bonds is 4. The molecular weight excluding hydrogens is 318 g/mol. The van der Waals surface area contributed by atoms with Crippen LogP contribution in [0.15, 0.2) is 33.9 Å². The molecule has 6 nitrogen and oxygen atoms in total. The largest absolute Gasteiger partial charge is 0.352 e. The van der Waals surface area contributed by atoms with E-state index in [1.807, 2.05) is 0 Å². The van der Waals surface area contributed by atoms with Crippen molar-refractivity contribution in [1.82, 2.24) is 15.1 Å². The van der Waals surface area contributed by atoms with E-state index in [2.05, 4.69) is 17.3 Å². The van der Waals surface area contributed by atoms with Crippen molar-refractivity contribution >= 4 is 16.7 Å². The highest BCUT2D eigenvalue weighted by Gasteiger charge is 2.42. The normalized spacial score (nSPS) is 26.0. The van der Waals surface area contributed by atoms with Gasteiger partial charge in [0.15, 0.2) is 0 Å². The molecule has 4 rings (SSSR count). The van der Waals surface area contributed by atoms with Gasteiger partial charge < -0.3 is 5.32 Å². The minimum Gasteiger partial charge on any atom is -0.352 e. The molecule has 0 spiro atoms. The summed E-state index contributed by atoms with van der Waals surface area (Å²) in [5, 5.41) is 6.22. The van der Waals surface area contributed by atoms with Gasteiger partial charge in [-0.25, -0.2) is 4.68 Å². The monoisotopic (exact) mass is 341 g/mol. The standard InChI is InChI=1S/C19H23N3O3/c1-11(16-9-12-6-7-13(16)8-12)20-17(23)10-22-19(25)15-5-3-2-4-14(15)18(24)21-22/h2-5,11-13,16H,6-10H2,1H3,(H,20,23)(H,21,24). The van der Waals surface area contributed by atoms with Gasteiger partial charge in [0, 0.05) is 6.04 Å². The Hall–Kier alpha value is -2.37. The van der Waals surface area contributed by atoms with E-state index < -0.39 is 0 Å². The third-order valence-electron chi connectivity index (χ3n) is 6.01. The van der Waals surface area contributed by atoms with Crippen LogP contribution in [0.25, 0.3) is 10.8 Å². The van der Waals surface area contributed by atoms with Crippen LogP contribution in [0.1, 0.15) is 32.6 Å². The Morgan fingerprint density at radius 2 is 2.00 bits per heavy atom. The van der Waals surface area contributed by atoms with Crippen LogP contribution in [0.2, 0.25) is 0 Å². The SMILES string of the molecule is CC(NC(=O)Cn1[nH]c(=O)c2ccccc2c1=O)C1CC2CCC1C2. The number of carbonyl (C=O) groups is 1. The summed E-state index contributed by atoms with van der Waals surface area (Å²) in [5.41, 5.74) is -0.706. The van der Waals surface area contributed by atoms with Gasteiger partial charge in [-0.3, -0.25) is 19.5 Å². The first-order valence-electron chi connectivity index (χ1n) is 9.04. The van der Waals surface area contributed by atoms with E-state index in [4.69, 9.17) is 0 Å². The van der Waals surface area contributed by atoms with E-state index in [0.717, 1.165) is 16.5 Å². The molecule has 1 heterocycles. The first kappa shape index (κ1) is 16.1. The number of fused-ring (bicyclic) bond motifs is 3. The van der Waals surface area contributed by atoms with Crippen LogP contribution in [0.4, 0.5) is 0 Å². The lowest BCUT2D eigenvalue weighted by Gasteiger charge is -2.28. The molecule has 0 aliphatic heterocycles. The molecule has 2 aliphatic rings. The molecule has 1 amide bonds. The summed E-state index contributed by atoms with van der Waals surface area (Å²) in [6.45, 7) is 1.89. The summed E-state index contributed by atoms with van der Waals surface area (Å²) in [7, 11) is 0. The Balaban J connectivity index is 1.49. The van der Waals surface area contributed by atoms with Crippen molar-refractivity contribution in [3.8, 4) is 0 Å². The molecule has 25 heavy (non-hydrogen) atoms. The zero-order valence-electron chi connectivity index (χ0n) is 14.3. The Morgan fingerprint density at radius 3 is 2.68 bits per heavy atom. The van der Waals surface area contributed by atoms with Crippen molar-refractivity contribution in [2.24, 2.45) is 17.8 Å². The topological polar surface area (TPSA) is 84.0 Å². The van der Waals surface area contributed by atoms with E-state index in [0.29, 0.717) is 16.7 Å². The number of hydrogen-bond acceptors (Lipinski definition) is 3. The second-order valence-electron chi connectivity index (χ2n) is 7.57. The minimum absolute atomic E-state index is 0.102. The quantitative estimate of drug-likeness (QED) is 0.886. The molecule has 6 heteroatoms. The number of nitrogens with one attached hydrogen (secondary N) is 2. The first-order chi connectivity index (χ1) is 12.0. The second kappa shape index (κ2) is 6.17. The van der Waals surface area contributed by atoms with Crippen molar-refractivity contribution in [3.05, 3.63) is 45.0 Å². The summed E-state index contributed by atoms with van der Waals surface area (Å²) in [6, 6.07) is 6.75. The highest BCUT2D eigenvalue weighted by molar-refractivity contribution is 5.81. The molecular formula is C19H23N3O3. The summed E-state index contributed by atoms with van der Waals surface area (Å²) in [6.07, 6.45) is 5.09. The summed E-state index contributed by atoms with van der Waals surface area (Å²) < 4.78 is 1.10. The fourth-order valence-electron chi connectivity index (χ4n) is 4.81. The van der Waals surface area contributed by atoms with Gasteiger partial charge in [-0.2, -0.15) is 0 Å². The molecule has 2 aliphatic carbocycles. The Morgan fingerprint density at radius 1 is 1.24 bits per heavy atom. The fourth-order valence-corrected chi connectivity index (χ4v) is 4.81. The molecule has 1 aromatic carbocycles. The number of aromatic amines is 1. The molecule has 2 saturated carbocycles. The maximum Gasteiger partial charge on any atom is 0.273 e. The van der Waals surface area contributed by atoms with Gasteiger partial charge >= 0.3 is 0 Å². The van der Waals surface area contributed by atoms with Crippen LogP contribution in [0, 0.1) is 17.8 Å². The number of hydrogen-bond donors (Lipinski definition) is 2. The maximum absolute atomic E-state index is 12.5. The van der Waals surface area contributed by atoms with Gasteiger partial charge in [-0.15, -0.1) is 0 Å². The number of H-pyrrole nitrogens is 1. The van der Waals surface area contributed by atoms with Crippen molar-refractivity contribution < 1.29 is 4.79 Å². The number of benzene rings is 1. The molecule has 1 aromatic heterocycles. The number of aromatic nitrogens is 2. The number of carbonyl (C=O) groups excluding carboxylic acids is 1. The molecule has 2 bridgehead atoms. The molecule has 132 valence electrons. The predicted molar refractivity (Wildman–Crippen MR) is 95.4 cm³/mol.